The molecule has 0 aliphatic carbocycles. The van der Waals surface area contributed by atoms with Gasteiger partial charge in [0.2, 0.25) is 0 Å². The molecular weight excluding hydrogens is 515 g/mol. The van der Waals surface area contributed by atoms with Crippen molar-refractivity contribution in [3.63, 3.8) is 0 Å². The van der Waals surface area contributed by atoms with Gasteiger partial charge in [-0.2, -0.15) is 0 Å². The van der Waals surface area contributed by atoms with Crippen molar-refractivity contribution in [2.24, 2.45) is 4.99 Å². The van der Waals surface area contributed by atoms with Gasteiger partial charge in [-0.25, -0.2) is 0 Å². The maximum atomic E-state index is 5.83. The van der Waals surface area contributed by atoms with Gasteiger partial charge in [0.05, 0.1) is 18.9 Å². The largest absolute Gasteiger partial charge is 0.493 e. The molecule has 1 saturated heterocycles. The van der Waals surface area contributed by atoms with E-state index in [1.54, 1.807) is 6.26 Å². The SMILES string of the molecule is C=C(C)CN1CCC(NC(=NCCc2ccco2)NC2CCOc3ccccc32)CC1.I. The number of piperidine rings is 1. The molecule has 2 aromatic rings. The number of hydrogen-bond acceptors (Lipinski definition) is 4. The molecule has 0 spiro atoms. The molecule has 1 aromatic carbocycles. The number of fused-ring (bicyclic) bond motifs is 1. The summed E-state index contributed by atoms with van der Waals surface area (Å²) < 4.78 is 11.3. The van der Waals surface area contributed by atoms with Gasteiger partial charge in [0.15, 0.2) is 5.96 Å². The van der Waals surface area contributed by atoms with E-state index in [9.17, 15) is 0 Å². The molecule has 2 N–H and O–H groups in total. The van der Waals surface area contributed by atoms with Gasteiger partial charge in [-0.3, -0.25) is 9.89 Å². The molecule has 0 saturated carbocycles. The van der Waals surface area contributed by atoms with Crippen LogP contribution in [0.3, 0.4) is 0 Å². The van der Waals surface area contributed by atoms with Crippen LogP contribution in [0.15, 0.2) is 64.2 Å². The quantitative estimate of drug-likeness (QED) is 0.230. The molecule has 1 unspecified atom stereocenters. The van der Waals surface area contributed by atoms with E-state index >= 15 is 0 Å². The highest BCUT2D eigenvalue weighted by Crippen LogP contribution is 2.31. The molecule has 6 nitrogen and oxygen atoms in total. The minimum atomic E-state index is 0. The van der Waals surface area contributed by atoms with E-state index in [1.165, 1.54) is 11.1 Å². The van der Waals surface area contributed by atoms with Crippen molar-refractivity contribution in [2.45, 2.75) is 44.7 Å². The van der Waals surface area contributed by atoms with Gasteiger partial charge in [0, 0.05) is 50.6 Å². The lowest BCUT2D eigenvalue weighted by Crippen LogP contribution is -2.50. The normalized spacial score (nSPS) is 19.4. The molecule has 32 heavy (non-hydrogen) atoms. The minimum absolute atomic E-state index is 0. The number of rotatable bonds is 7. The van der Waals surface area contributed by atoms with Crippen LogP contribution in [0, 0.1) is 0 Å². The number of furan rings is 1. The highest BCUT2D eigenvalue weighted by Gasteiger charge is 2.24. The number of ether oxygens (including phenoxy) is 1. The van der Waals surface area contributed by atoms with Crippen LogP contribution in [0.1, 0.15) is 43.6 Å². The maximum Gasteiger partial charge on any atom is 0.191 e. The van der Waals surface area contributed by atoms with Gasteiger partial charge < -0.3 is 19.8 Å². The van der Waals surface area contributed by atoms with Crippen molar-refractivity contribution in [3.05, 3.63) is 66.1 Å². The molecule has 0 amide bonds. The number of nitrogens with one attached hydrogen (secondary N) is 2. The molecule has 7 heteroatoms. The van der Waals surface area contributed by atoms with Gasteiger partial charge in [-0.1, -0.05) is 30.4 Å². The van der Waals surface area contributed by atoms with E-state index in [2.05, 4.69) is 41.2 Å². The third-order valence-corrected chi connectivity index (χ3v) is 5.90. The fourth-order valence-electron chi connectivity index (χ4n) is 4.33. The van der Waals surface area contributed by atoms with Crippen LogP contribution >= 0.6 is 24.0 Å². The fourth-order valence-corrected chi connectivity index (χ4v) is 4.33. The Morgan fingerprint density at radius 3 is 2.69 bits per heavy atom. The number of nitrogens with zero attached hydrogens (tertiary/aromatic N) is 2. The summed E-state index contributed by atoms with van der Waals surface area (Å²) in [5, 5.41) is 7.39. The lowest BCUT2D eigenvalue weighted by Gasteiger charge is -2.34. The molecule has 1 aromatic heterocycles. The Morgan fingerprint density at radius 2 is 1.94 bits per heavy atom. The first-order chi connectivity index (χ1) is 15.2. The lowest BCUT2D eigenvalue weighted by atomic mass is 10.0. The van der Waals surface area contributed by atoms with E-state index in [0.29, 0.717) is 19.2 Å². The molecular formula is C25H35IN4O2. The number of para-hydroxylation sites is 1. The van der Waals surface area contributed by atoms with Crippen molar-refractivity contribution >= 4 is 29.9 Å². The first kappa shape index (κ1) is 24.6. The van der Waals surface area contributed by atoms with Gasteiger partial charge in [-0.15, -0.1) is 24.0 Å². The van der Waals surface area contributed by atoms with Crippen LogP contribution in [0.4, 0.5) is 0 Å². The van der Waals surface area contributed by atoms with Crippen LogP contribution in [-0.2, 0) is 6.42 Å². The zero-order chi connectivity index (χ0) is 21.5. The standard InChI is InChI=1S/C25H34N4O2.HI/c1-19(2)18-29-14-10-20(11-15-29)27-25(26-13-9-21-6-5-16-30-21)28-23-12-17-31-24-8-4-3-7-22(23)24;/h3-8,16,20,23H,1,9-15,17-18H2,2H3,(H2,26,27,28);1H. The molecule has 0 bridgehead atoms. The minimum Gasteiger partial charge on any atom is -0.493 e. The summed E-state index contributed by atoms with van der Waals surface area (Å²) in [5.74, 6) is 2.81. The molecule has 2 aliphatic rings. The molecule has 174 valence electrons. The fraction of sp³-hybridized carbons (Fsp3) is 0.480. The van der Waals surface area contributed by atoms with E-state index < -0.39 is 0 Å². The average molecular weight is 550 g/mol. The first-order valence-corrected chi connectivity index (χ1v) is 11.4. The van der Waals surface area contributed by atoms with Crippen LogP contribution in [0.25, 0.3) is 0 Å². The van der Waals surface area contributed by atoms with E-state index in [-0.39, 0.29) is 30.0 Å². The van der Waals surface area contributed by atoms with Gasteiger partial charge in [0.1, 0.15) is 11.5 Å². The Bertz CT molecular complexity index is 876. The number of hydrogen-bond donors (Lipinski definition) is 2. The monoisotopic (exact) mass is 550 g/mol. The highest BCUT2D eigenvalue weighted by atomic mass is 127. The molecule has 4 rings (SSSR count). The van der Waals surface area contributed by atoms with Crippen molar-refractivity contribution in [1.82, 2.24) is 15.5 Å². The third-order valence-electron chi connectivity index (χ3n) is 5.90. The van der Waals surface area contributed by atoms with Gasteiger partial charge in [-0.05, 0) is 38.0 Å². The van der Waals surface area contributed by atoms with Crippen molar-refractivity contribution in [3.8, 4) is 5.75 Å². The highest BCUT2D eigenvalue weighted by molar-refractivity contribution is 14.0. The van der Waals surface area contributed by atoms with E-state index in [1.807, 2.05) is 24.3 Å². The second-order valence-corrected chi connectivity index (χ2v) is 8.58. The Balaban J connectivity index is 0.00000289. The van der Waals surface area contributed by atoms with Crippen LogP contribution in [-0.4, -0.2) is 49.7 Å². The molecule has 2 aliphatic heterocycles. The van der Waals surface area contributed by atoms with Crippen LogP contribution < -0.4 is 15.4 Å². The summed E-state index contributed by atoms with van der Waals surface area (Å²) in [4.78, 5) is 7.38. The van der Waals surface area contributed by atoms with Gasteiger partial charge in [0.25, 0.3) is 0 Å². The molecule has 3 heterocycles. The summed E-state index contributed by atoms with van der Waals surface area (Å²) in [6.07, 6.45) is 5.65. The smallest absolute Gasteiger partial charge is 0.191 e. The molecule has 0 radical (unpaired) electrons. The second kappa shape index (κ2) is 12.3. The topological polar surface area (TPSA) is 62.0 Å². The maximum absolute atomic E-state index is 5.83. The van der Waals surface area contributed by atoms with Crippen molar-refractivity contribution in [1.29, 1.82) is 0 Å². The second-order valence-electron chi connectivity index (χ2n) is 8.58. The summed E-state index contributed by atoms with van der Waals surface area (Å²) in [7, 11) is 0. The average Bonchev–Trinajstić information content (AvgIpc) is 3.28. The predicted molar refractivity (Wildman–Crippen MR) is 140 cm³/mol. The van der Waals surface area contributed by atoms with Gasteiger partial charge >= 0.3 is 0 Å². The number of guanidine groups is 1. The molecule has 1 fully saturated rings. The van der Waals surface area contributed by atoms with Crippen molar-refractivity contribution in [2.75, 3.05) is 32.8 Å². The first-order valence-electron chi connectivity index (χ1n) is 11.4. The van der Waals surface area contributed by atoms with E-state index in [0.717, 1.165) is 62.8 Å². The van der Waals surface area contributed by atoms with Crippen molar-refractivity contribution < 1.29 is 9.15 Å². The van der Waals surface area contributed by atoms with E-state index in [4.69, 9.17) is 14.1 Å². The zero-order valence-electron chi connectivity index (χ0n) is 18.9. The predicted octanol–water partition coefficient (Wildman–Crippen LogP) is 4.54. The Hall–Kier alpha value is -2.00. The third kappa shape index (κ3) is 7.00. The summed E-state index contributed by atoms with van der Waals surface area (Å²) in [6.45, 7) is 10.7. The lowest BCUT2D eigenvalue weighted by molar-refractivity contribution is 0.220. The summed E-state index contributed by atoms with van der Waals surface area (Å²) in [5.41, 5.74) is 2.43. The number of benzene rings is 1. The number of halogens is 1. The summed E-state index contributed by atoms with van der Waals surface area (Å²) >= 11 is 0. The number of aliphatic imine (C=N–C) groups is 1. The van der Waals surface area contributed by atoms with Crippen LogP contribution in [0.2, 0.25) is 0 Å². The summed E-state index contributed by atoms with van der Waals surface area (Å²) in [6, 6.07) is 12.8. The molecule has 1 atom stereocenters. The Morgan fingerprint density at radius 1 is 1.12 bits per heavy atom. The Kier molecular flexibility index (Phi) is 9.47. The number of likely N-dealkylation sites (tertiary alicyclic amines) is 1. The van der Waals surface area contributed by atoms with Crippen LogP contribution in [0.5, 0.6) is 5.75 Å². The zero-order valence-corrected chi connectivity index (χ0v) is 21.2. The Labute approximate surface area is 208 Å².